The van der Waals surface area contributed by atoms with Gasteiger partial charge in [0.1, 0.15) is 0 Å². The standard InChI is InChI=1S/C19H34N2/c1-7-19(4,5)21(6)15-18-10-8-17(9-11-18)12-13-20-14-16(2)3/h8-11,16,20H,7,12-15H2,1-6H3. The van der Waals surface area contributed by atoms with Gasteiger partial charge in [0.25, 0.3) is 0 Å². The molecule has 21 heavy (non-hydrogen) atoms. The summed E-state index contributed by atoms with van der Waals surface area (Å²) in [5.74, 6) is 0.727. The van der Waals surface area contributed by atoms with Crippen LogP contribution in [-0.4, -0.2) is 30.6 Å². The van der Waals surface area contributed by atoms with Crippen LogP contribution in [0.25, 0.3) is 0 Å². The fraction of sp³-hybridized carbons (Fsp3) is 0.684. The molecule has 2 heteroatoms. The van der Waals surface area contributed by atoms with Crippen molar-refractivity contribution in [1.82, 2.24) is 10.2 Å². The number of nitrogens with one attached hydrogen (secondary N) is 1. The zero-order valence-electron chi connectivity index (χ0n) is 14.9. The van der Waals surface area contributed by atoms with Crippen LogP contribution in [0, 0.1) is 5.92 Å². The molecule has 0 spiro atoms. The lowest BCUT2D eigenvalue weighted by Gasteiger charge is -2.34. The van der Waals surface area contributed by atoms with E-state index in [1.54, 1.807) is 0 Å². The van der Waals surface area contributed by atoms with Gasteiger partial charge in [-0.25, -0.2) is 0 Å². The second-order valence-corrected chi connectivity index (χ2v) is 7.19. The first-order valence-electron chi connectivity index (χ1n) is 8.35. The average Bonchev–Trinajstić information content (AvgIpc) is 2.45. The molecule has 0 saturated heterocycles. The molecule has 0 amide bonds. The highest BCUT2D eigenvalue weighted by Crippen LogP contribution is 2.19. The summed E-state index contributed by atoms with van der Waals surface area (Å²) in [6, 6.07) is 9.11. The Morgan fingerprint density at radius 1 is 1.10 bits per heavy atom. The Morgan fingerprint density at radius 3 is 2.19 bits per heavy atom. The second kappa shape index (κ2) is 8.55. The van der Waals surface area contributed by atoms with Crippen molar-refractivity contribution in [3.63, 3.8) is 0 Å². The topological polar surface area (TPSA) is 15.3 Å². The molecule has 0 aliphatic heterocycles. The Balaban J connectivity index is 2.43. The van der Waals surface area contributed by atoms with Crippen LogP contribution in [0.1, 0.15) is 52.2 Å². The summed E-state index contributed by atoms with van der Waals surface area (Å²) in [6.07, 6.45) is 2.28. The molecule has 0 bridgehead atoms. The van der Waals surface area contributed by atoms with Crippen LogP contribution in [0.2, 0.25) is 0 Å². The van der Waals surface area contributed by atoms with Gasteiger partial charge in [-0.15, -0.1) is 0 Å². The van der Waals surface area contributed by atoms with Gasteiger partial charge in [0.15, 0.2) is 0 Å². The number of nitrogens with zero attached hydrogens (tertiary/aromatic N) is 1. The maximum absolute atomic E-state index is 3.50. The van der Waals surface area contributed by atoms with Crippen LogP contribution in [0.3, 0.4) is 0 Å². The maximum atomic E-state index is 3.50. The average molecular weight is 290 g/mol. The van der Waals surface area contributed by atoms with Gasteiger partial charge in [-0.2, -0.15) is 0 Å². The predicted octanol–water partition coefficient (Wildman–Crippen LogP) is 4.10. The first-order chi connectivity index (χ1) is 9.85. The maximum Gasteiger partial charge on any atom is 0.0235 e. The van der Waals surface area contributed by atoms with Crippen molar-refractivity contribution in [3.8, 4) is 0 Å². The zero-order chi connectivity index (χ0) is 15.9. The molecule has 0 fully saturated rings. The highest BCUT2D eigenvalue weighted by atomic mass is 15.2. The van der Waals surface area contributed by atoms with Crippen LogP contribution < -0.4 is 5.32 Å². The summed E-state index contributed by atoms with van der Waals surface area (Å²) in [7, 11) is 2.22. The second-order valence-electron chi connectivity index (χ2n) is 7.19. The van der Waals surface area contributed by atoms with Crippen molar-refractivity contribution in [2.45, 2.75) is 59.5 Å². The minimum Gasteiger partial charge on any atom is -0.316 e. The van der Waals surface area contributed by atoms with Crippen molar-refractivity contribution in [2.24, 2.45) is 5.92 Å². The largest absolute Gasteiger partial charge is 0.316 e. The van der Waals surface area contributed by atoms with Crippen molar-refractivity contribution in [2.75, 3.05) is 20.1 Å². The SMILES string of the molecule is CCC(C)(C)N(C)Cc1ccc(CCNCC(C)C)cc1. The molecule has 1 rings (SSSR count). The summed E-state index contributed by atoms with van der Waals surface area (Å²) in [4.78, 5) is 2.44. The lowest BCUT2D eigenvalue weighted by Crippen LogP contribution is -2.39. The molecule has 0 saturated carbocycles. The van der Waals surface area contributed by atoms with Gasteiger partial charge >= 0.3 is 0 Å². The van der Waals surface area contributed by atoms with E-state index in [1.807, 2.05) is 0 Å². The number of hydrogen-bond donors (Lipinski definition) is 1. The monoisotopic (exact) mass is 290 g/mol. The van der Waals surface area contributed by atoms with Crippen molar-refractivity contribution in [1.29, 1.82) is 0 Å². The minimum absolute atomic E-state index is 0.263. The van der Waals surface area contributed by atoms with E-state index in [0.717, 1.165) is 32.0 Å². The molecular weight excluding hydrogens is 256 g/mol. The summed E-state index contributed by atoms with van der Waals surface area (Å²) in [6.45, 7) is 14.6. The van der Waals surface area contributed by atoms with Crippen LogP contribution in [0.5, 0.6) is 0 Å². The first kappa shape index (κ1) is 18.2. The molecule has 0 unspecified atom stereocenters. The summed E-state index contributed by atoms with van der Waals surface area (Å²) in [5, 5.41) is 3.50. The smallest absolute Gasteiger partial charge is 0.0235 e. The molecule has 0 aliphatic rings. The predicted molar refractivity (Wildman–Crippen MR) is 93.7 cm³/mol. The summed E-state index contributed by atoms with van der Waals surface area (Å²) >= 11 is 0. The fourth-order valence-corrected chi connectivity index (χ4v) is 2.19. The van der Waals surface area contributed by atoms with Crippen LogP contribution in [0.4, 0.5) is 0 Å². The third kappa shape index (κ3) is 6.62. The van der Waals surface area contributed by atoms with Crippen molar-refractivity contribution in [3.05, 3.63) is 35.4 Å². The first-order valence-corrected chi connectivity index (χ1v) is 8.35. The molecule has 1 aromatic rings. The molecule has 0 heterocycles. The Hall–Kier alpha value is -0.860. The van der Waals surface area contributed by atoms with Crippen LogP contribution in [-0.2, 0) is 13.0 Å². The van der Waals surface area contributed by atoms with E-state index in [0.29, 0.717) is 0 Å². The number of rotatable bonds is 9. The number of hydrogen-bond acceptors (Lipinski definition) is 2. The van der Waals surface area contributed by atoms with Crippen LogP contribution >= 0.6 is 0 Å². The highest BCUT2D eigenvalue weighted by Gasteiger charge is 2.20. The van der Waals surface area contributed by atoms with Gasteiger partial charge in [-0.05, 0) is 63.9 Å². The van der Waals surface area contributed by atoms with E-state index in [9.17, 15) is 0 Å². The van der Waals surface area contributed by atoms with Gasteiger partial charge in [0.2, 0.25) is 0 Å². The van der Waals surface area contributed by atoms with Gasteiger partial charge in [0.05, 0.1) is 0 Å². The van der Waals surface area contributed by atoms with E-state index < -0.39 is 0 Å². The molecule has 1 aromatic carbocycles. The minimum atomic E-state index is 0.263. The molecule has 0 aromatic heterocycles. The van der Waals surface area contributed by atoms with Crippen molar-refractivity contribution < 1.29 is 0 Å². The fourth-order valence-electron chi connectivity index (χ4n) is 2.19. The number of benzene rings is 1. The molecule has 120 valence electrons. The molecule has 1 N–H and O–H groups in total. The van der Waals surface area contributed by atoms with Gasteiger partial charge < -0.3 is 5.32 Å². The van der Waals surface area contributed by atoms with E-state index in [-0.39, 0.29) is 5.54 Å². The van der Waals surface area contributed by atoms with E-state index in [1.165, 1.54) is 17.5 Å². The molecule has 2 nitrogen and oxygen atoms in total. The van der Waals surface area contributed by atoms with Gasteiger partial charge in [0, 0.05) is 12.1 Å². The van der Waals surface area contributed by atoms with E-state index in [2.05, 4.69) is 76.1 Å². The Bertz CT molecular complexity index is 393. The van der Waals surface area contributed by atoms with Crippen molar-refractivity contribution >= 4 is 0 Å². The molecular formula is C19H34N2. The normalized spacial score (nSPS) is 12.4. The Labute approximate surface area is 131 Å². The molecule has 0 aliphatic carbocycles. The quantitative estimate of drug-likeness (QED) is 0.689. The van der Waals surface area contributed by atoms with Crippen LogP contribution in [0.15, 0.2) is 24.3 Å². The third-order valence-electron chi connectivity index (χ3n) is 4.48. The summed E-state index contributed by atoms with van der Waals surface area (Å²) in [5.41, 5.74) is 3.09. The Morgan fingerprint density at radius 2 is 1.67 bits per heavy atom. The lowest BCUT2D eigenvalue weighted by molar-refractivity contribution is 0.143. The zero-order valence-corrected chi connectivity index (χ0v) is 14.9. The lowest BCUT2D eigenvalue weighted by atomic mass is 9.99. The summed E-state index contributed by atoms with van der Waals surface area (Å²) < 4.78 is 0. The molecule has 0 radical (unpaired) electrons. The molecule has 0 atom stereocenters. The van der Waals surface area contributed by atoms with Gasteiger partial charge in [-0.1, -0.05) is 45.0 Å². The van der Waals surface area contributed by atoms with E-state index >= 15 is 0 Å². The van der Waals surface area contributed by atoms with E-state index in [4.69, 9.17) is 0 Å². The third-order valence-corrected chi connectivity index (χ3v) is 4.48. The van der Waals surface area contributed by atoms with Gasteiger partial charge in [-0.3, -0.25) is 4.90 Å². The highest BCUT2D eigenvalue weighted by molar-refractivity contribution is 5.23. The Kier molecular flexibility index (Phi) is 7.41.